The molecule has 0 aliphatic rings. The van der Waals surface area contributed by atoms with Gasteiger partial charge in [0.05, 0.1) is 18.0 Å². The van der Waals surface area contributed by atoms with Crippen LogP contribution in [0.25, 0.3) is 0 Å². The first-order valence-electron chi connectivity index (χ1n) is 3.93. The molecule has 0 bridgehead atoms. The first-order valence-corrected chi connectivity index (χ1v) is 4.81. The number of thiophene rings is 1. The minimum Gasteiger partial charge on any atom is -0.496 e. The van der Waals surface area contributed by atoms with Gasteiger partial charge in [0, 0.05) is 0 Å². The quantitative estimate of drug-likeness (QED) is 0.441. The van der Waals surface area contributed by atoms with Crippen LogP contribution in [0.2, 0.25) is 0 Å². The summed E-state index contributed by atoms with van der Waals surface area (Å²) in [4.78, 5) is 1.07. The van der Waals surface area contributed by atoms with E-state index in [0.29, 0.717) is 0 Å². The van der Waals surface area contributed by atoms with Crippen molar-refractivity contribution in [3.63, 3.8) is 0 Å². The number of hydrazine groups is 1. The first-order chi connectivity index (χ1) is 6.20. The van der Waals surface area contributed by atoms with Crippen LogP contribution < -0.4 is 16.0 Å². The van der Waals surface area contributed by atoms with Crippen molar-refractivity contribution in [1.29, 1.82) is 0 Å². The minimum atomic E-state index is -0.0186. The molecule has 1 unspecified atom stereocenters. The molecule has 1 atom stereocenters. The molecule has 0 amide bonds. The van der Waals surface area contributed by atoms with E-state index in [4.69, 9.17) is 10.6 Å². The fourth-order valence-electron chi connectivity index (χ4n) is 1.13. The van der Waals surface area contributed by atoms with Crippen LogP contribution in [-0.4, -0.2) is 7.11 Å². The first kappa shape index (κ1) is 10.2. The highest BCUT2D eigenvalue weighted by atomic mass is 32.1. The van der Waals surface area contributed by atoms with Crippen LogP contribution in [0.5, 0.6) is 5.75 Å². The Hall–Kier alpha value is -0.840. The fraction of sp³-hybridized carbons (Fsp3) is 0.333. The number of nitrogens with one attached hydrogen (secondary N) is 1. The Balaban J connectivity index is 2.96. The molecule has 1 heterocycles. The SMILES string of the molecule is C=C(C)C(NN)c1sccc1OC. The van der Waals surface area contributed by atoms with Crippen molar-refractivity contribution in [3.8, 4) is 5.75 Å². The third-order valence-corrected chi connectivity index (χ3v) is 2.76. The van der Waals surface area contributed by atoms with E-state index in [1.165, 1.54) is 0 Å². The Morgan fingerprint density at radius 2 is 2.46 bits per heavy atom. The predicted molar refractivity (Wildman–Crippen MR) is 55.7 cm³/mol. The van der Waals surface area contributed by atoms with Crippen LogP contribution in [0.3, 0.4) is 0 Å². The van der Waals surface area contributed by atoms with Crippen LogP contribution in [0.15, 0.2) is 23.6 Å². The molecule has 72 valence electrons. The summed E-state index contributed by atoms with van der Waals surface area (Å²) in [7, 11) is 1.65. The van der Waals surface area contributed by atoms with Gasteiger partial charge in [-0.15, -0.1) is 11.3 Å². The number of rotatable bonds is 4. The highest BCUT2D eigenvalue weighted by Crippen LogP contribution is 2.33. The standard InChI is InChI=1S/C9H14N2OS/c1-6(2)8(11-10)9-7(12-3)4-5-13-9/h4-5,8,11H,1,10H2,2-3H3. The zero-order valence-corrected chi connectivity index (χ0v) is 8.65. The molecule has 0 fully saturated rings. The van der Waals surface area contributed by atoms with E-state index in [0.717, 1.165) is 16.2 Å². The number of methoxy groups -OCH3 is 1. The predicted octanol–water partition coefficient (Wildman–Crippen LogP) is 1.84. The van der Waals surface area contributed by atoms with Crippen molar-refractivity contribution in [2.45, 2.75) is 13.0 Å². The molecule has 1 rings (SSSR count). The molecule has 4 heteroatoms. The smallest absolute Gasteiger partial charge is 0.134 e. The van der Waals surface area contributed by atoms with Crippen molar-refractivity contribution in [1.82, 2.24) is 5.43 Å². The van der Waals surface area contributed by atoms with Crippen molar-refractivity contribution in [2.24, 2.45) is 5.84 Å². The fourth-order valence-corrected chi connectivity index (χ4v) is 2.14. The lowest BCUT2D eigenvalue weighted by Crippen LogP contribution is -2.28. The Morgan fingerprint density at radius 3 is 2.92 bits per heavy atom. The Bertz CT molecular complexity index is 296. The van der Waals surface area contributed by atoms with Gasteiger partial charge >= 0.3 is 0 Å². The highest BCUT2D eigenvalue weighted by Gasteiger charge is 2.16. The lowest BCUT2D eigenvalue weighted by molar-refractivity contribution is 0.407. The van der Waals surface area contributed by atoms with E-state index < -0.39 is 0 Å². The van der Waals surface area contributed by atoms with Crippen LogP contribution in [0, 0.1) is 0 Å². The molecule has 0 aliphatic heterocycles. The normalized spacial score (nSPS) is 12.5. The van der Waals surface area contributed by atoms with Gasteiger partial charge < -0.3 is 4.74 Å². The molecule has 0 aromatic carbocycles. The maximum atomic E-state index is 5.43. The molecular weight excluding hydrogens is 184 g/mol. The average Bonchev–Trinajstić information content (AvgIpc) is 2.53. The van der Waals surface area contributed by atoms with E-state index in [-0.39, 0.29) is 6.04 Å². The summed E-state index contributed by atoms with van der Waals surface area (Å²) in [6.45, 7) is 5.80. The number of ether oxygens (including phenoxy) is 1. The molecule has 3 N–H and O–H groups in total. The molecule has 13 heavy (non-hydrogen) atoms. The molecule has 1 aromatic rings. The van der Waals surface area contributed by atoms with Gasteiger partial charge in [0.25, 0.3) is 0 Å². The molecule has 3 nitrogen and oxygen atoms in total. The summed E-state index contributed by atoms with van der Waals surface area (Å²) in [6, 6.07) is 1.91. The molecule has 0 radical (unpaired) electrons. The second kappa shape index (κ2) is 4.41. The maximum Gasteiger partial charge on any atom is 0.134 e. The Morgan fingerprint density at radius 1 is 1.77 bits per heavy atom. The van der Waals surface area contributed by atoms with Crippen molar-refractivity contribution in [3.05, 3.63) is 28.5 Å². The lowest BCUT2D eigenvalue weighted by atomic mass is 10.1. The van der Waals surface area contributed by atoms with Gasteiger partial charge in [-0.1, -0.05) is 12.2 Å². The van der Waals surface area contributed by atoms with E-state index in [2.05, 4.69) is 12.0 Å². The topological polar surface area (TPSA) is 47.3 Å². The third-order valence-electron chi connectivity index (χ3n) is 1.80. The second-order valence-corrected chi connectivity index (χ2v) is 3.75. The van der Waals surface area contributed by atoms with Crippen molar-refractivity contribution < 1.29 is 4.74 Å². The average molecular weight is 198 g/mol. The number of hydrogen-bond acceptors (Lipinski definition) is 4. The zero-order chi connectivity index (χ0) is 9.84. The van der Waals surface area contributed by atoms with E-state index >= 15 is 0 Å². The largest absolute Gasteiger partial charge is 0.496 e. The van der Waals surface area contributed by atoms with Gasteiger partial charge in [0.15, 0.2) is 0 Å². The Labute approximate surface area is 82.2 Å². The molecule has 0 saturated carbocycles. The van der Waals surface area contributed by atoms with Crippen LogP contribution in [0.1, 0.15) is 17.8 Å². The van der Waals surface area contributed by atoms with E-state index in [9.17, 15) is 0 Å². The highest BCUT2D eigenvalue weighted by molar-refractivity contribution is 7.10. The molecular formula is C9H14N2OS. The van der Waals surface area contributed by atoms with E-state index in [1.807, 2.05) is 18.4 Å². The summed E-state index contributed by atoms with van der Waals surface area (Å²) in [6.07, 6.45) is 0. The number of hydrogen-bond donors (Lipinski definition) is 2. The summed E-state index contributed by atoms with van der Waals surface area (Å²) >= 11 is 1.61. The zero-order valence-electron chi connectivity index (χ0n) is 7.83. The van der Waals surface area contributed by atoms with Crippen LogP contribution in [-0.2, 0) is 0 Å². The summed E-state index contributed by atoms with van der Waals surface area (Å²) in [5, 5.41) is 1.97. The van der Waals surface area contributed by atoms with Crippen LogP contribution in [0.4, 0.5) is 0 Å². The third kappa shape index (κ3) is 2.09. The van der Waals surface area contributed by atoms with Crippen molar-refractivity contribution >= 4 is 11.3 Å². The van der Waals surface area contributed by atoms with Crippen LogP contribution >= 0.6 is 11.3 Å². The molecule has 0 aliphatic carbocycles. The summed E-state index contributed by atoms with van der Waals surface area (Å²) in [5.74, 6) is 6.29. The van der Waals surface area contributed by atoms with Gasteiger partial charge in [-0.05, 0) is 18.4 Å². The molecule has 0 spiro atoms. The monoisotopic (exact) mass is 198 g/mol. The van der Waals surface area contributed by atoms with Gasteiger partial charge in [-0.3, -0.25) is 5.84 Å². The summed E-state index contributed by atoms with van der Waals surface area (Å²) in [5.41, 5.74) is 3.68. The van der Waals surface area contributed by atoms with Gasteiger partial charge in [0.1, 0.15) is 5.75 Å². The molecule has 1 aromatic heterocycles. The number of nitrogens with two attached hydrogens (primary N) is 1. The summed E-state index contributed by atoms with van der Waals surface area (Å²) < 4.78 is 5.19. The van der Waals surface area contributed by atoms with Gasteiger partial charge in [-0.25, -0.2) is 5.43 Å². The molecule has 0 saturated heterocycles. The second-order valence-electron chi connectivity index (χ2n) is 2.80. The lowest BCUT2D eigenvalue weighted by Gasteiger charge is -2.15. The maximum absolute atomic E-state index is 5.43. The van der Waals surface area contributed by atoms with E-state index in [1.54, 1.807) is 18.4 Å². The van der Waals surface area contributed by atoms with Crippen molar-refractivity contribution in [2.75, 3.05) is 7.11 Å². The van der Waals surface area contributed by atoms with Gasteiger partial charge in [-0.2, -0.15) is 0 Å². The minimum absolute atomic E-state index is 0.0186. The Kier molecular flexibility index (Phi) is 3.48. The van der Waals surface area contributed by atoms with Gasteiger partial charge in [0.2, 0.25) is 0 Å².